The Kier molecular flexibility index (Phi) is 7.28. The number of ether oxygens (including phenoxy) is 2. The molecule has 2 aromatic rings. The summed E-state index contributed by atoms with van der Waals surface area (Å²) < 4.78 is 66.9. The number of hydrogen-bond donors (Lipinski definition) is 1. The van der Waals surface area contributed by atoms with E-state index in [0.29, 0.717) is 5.56 Å². The third-order valence-corrected chi connectivity index (χ3v) is 5.84. The van der Waals surface area contributed by atoms with Gasteiger partial charge in [-0.3, -0.25) is 9.59 Å². The van der Waals surface area contributed by atoms with E-state index >= 15 is 0 Å². The largest absolute Gasteiger partial charge is 0.474 e. The standard InChI is InChI=1S/C24H27F4NO4/c1-13-15(25)17(27)19(18(28)16(13)26)33-23(4,5)20(30)24(6,29)22(2,3)21(31)32-12-14-10-8-7-9-11-14/h7-11H,12,29H2,1-6H3. The van der Waals surface area contributed by atoms with Crippen LogP contribution in [0, 0.1) is 35.6 Å². The summed E-state index contributed by atoms with van der Waals surface area (Å²) in [5, 5.41) is 0. The van der Waals surface area contributed by atoms with Crippen LogP contribution in [0.5, 0.6) is 5.75 Å². The van der Waals surface area contributed by atoms with Gasteiger partial charge in [-0.05, 0) is 47.1 Å². The number of hydrogen-bond acceptors (Lipinski definition) is 5. The van der Waals surface area contributed by atoms with Crippen LogP contribution in [0.25, 0.3) is 0 Å². The van der Waals surface area contributed by atoms with Gasteiger partial charge in [-0.2, -0.15) is 8.78 Å². The molecule has 1 unspecified atom stereocenters. The topological polar surface area (TPSA) is 78.6 Å². The zero-order chi connectivity index (χ0) is 25.4. The summed E-state index contributed by atoms with van der Waals surface area (Å²) in [7, 11) is 0. The van der Waals surface area contributed by atoms with Gasteiger partial charge in [0.15, 0.2) is 28.8 Å². The highest BCUT2D eigenvalue weighted by atomic mass is 19.2. The minimum atomic E-state index is -2.07. The molecule has 2 aromatic carbocycles. The van der Waals surface area contributed by atoms with Crippen LogP contribution in [0.3, 0.4) is 0 Å². The molecular formula is C24H27F4NO4. The first-order valence-electron chi connectivity index (χ1n) is 10.1. The van der Waals surface area contributed by atoms with E-state index in [1.54, 1.807) is 30.3 Å². The first-order chi connectivity index (χ1) is 15.1. The van der Waals surface area contributed by atoms with Crippen molar-refractivity contribution >= 4 is 11.8 Å². The van der Waals surface area contributed by atoms with Gasteiger partial charge >= 0.3 is 5.97 Å². The van der Waals surface area contributed by atoms with Gasteiger partial charge in [0.2, 0.25) is 11.6 Å². The Morgan fingerprint density at radius 3 is 1.85 bits per heavy atom. The Balaban J connectivity index is 2.31. The highest BCUT2D eigenvalue weighted by Gasteiger charge is 2.55. The van der Waals surface area contributed by atoms with Crippen molar-refractivity contribution in [1.82, 2.24) is 0 Å². The number of rotatable bonds is 8. The first kappa shape index (κ1) is 26.3. The number of Topliss-reactive ketones (excluding diaryl/α,β-unsaturated/α-hetero) is 1. The molecule has 33 heavy (non-hydrogen) atoms. The molecule has 0 fully saturated rings. The van der Waals surface area contributed by atoms with Crippen molar-refractivity contribution in [2.75, 3.05) is 0 Å². The van der Waals surface area contributed by atoms with Gasteiger partial charge in [0, 0.05) is 5.56 Å². The third-order valence-electron chi connectivity index (χ3n) is 5.84. The maximum atomic E-state index is 14.3. The summed E-state index contributed by atoms with van der Waals surface area (Å²) in [6.07, 6.45) is 0. The van der Waals surface area contributed by atoms with Crippen molar-refractivity contribution in [2.45, 2.75) is 59.3 Å². The molecule has 0 amide bonds. The number of carbonyl (C=O) groups excluding carboxylic acids is 2. The number of benzene rings is 2. The van der Waals surface area contributed by atoms with Crippen molar-refractivity contribution in [3.63, 3.8) is 0 Å². The molecule has 0 aliphatic carbocycles. The summed E-state index contributed by atoms with van der Waals surface area (Å²) in [6, 6.07) is 8.81. The highest BCUT2D eigenvalue weighted by Crippen LogP contribution is 2.37. The SMILES string of the molecule is Cc1c(F)c(F)c(OC(C)(C)C(=O)C(C)(N)C(C)(C)C(=O)OCc2ccccc2)c(F)c1F. The molecule has 5 nitrogen and oxygen atoms in total. The maximum Gasteiger partial charge on any atom is 0.314 e. The fourth-order valence-corrected chi connectivity index (χ4v) is 3.14. The predicted molar refractivity (Wildman–Crippen MR) is 113 cm³/mol. The average Bonchev–Trinajstić information content (AvgIpc) is 2.77. The van der Waals surface area contributed by atoms with E-state index in [-0.39, 0.29) is 6.61 Å². The van der Waals surface area contributed by atoms with Crippen molar-refractivity contribution < 1.29 is 36.6 Å². The van der Waals surface area contributed by atoms with Gasteiger partial charge in [0.05, 0.1) is 11.0 Å². The lowest BCUT2D eigenvalue weighted by molar-refractivity contribution is -0.164. The number of carbonyl (C=O) groups is 2. The molecule has 180 valence electrons. The van der Waals surface area contributed by atoms with E-state index in [4.69, 9.17) is 15.2 Å². The smallest absolute Gasteiger partial charge is 0.314 e. The molecule has 0 saturated carbocycles. The number of halogens is 4. The van der Waals surface area contributed by atoms with Gasteiger partial charge in [-0.15, -0.1) is 0 Å². The Labute approximate surface area is 189 Å². The lowest BCUT2D eigenvalue weighted by Gasteiger charge is -2.42. The molecular weight excluding hydrogens is 442 g/mol. The molecule has 1 atom stereocenters. The summed E-state index contributed by atoms with van der Waals surface area (Å²) in [5.74, 6) is -10.0. The quantitative estimate of drug-likeness (QED) is 0.343. The van der Waals surface area contributed by atoms with Crippen LogP contribution in [-0.2, 0) is 20.9 Å². The molecule has 2 N–H and O–H groups in total. The summed E-state index contributed by atoms with van der Waals surface area (Å²) >= 11 is 0. The van der Waals surface area contributed by atoms with Gasteiger partial charge in [-0.25, -0.2) is 8.78 Å². The number of nitrogens with two attached hydrogens (primary N) is 1. The van der Waals surface area contributed by atoms with E-state index in [2.05, 4.69) is 0 Å². The van der Waals surface area contributed by atoms with Gasteiger partial charge in [0.25, 0.3) is 0 Å². The van der Waals surface area contributed by atoms with Crippen molar-refractivity contribution in [3.05, 3.63) is 64.7 Å². The minimum absolute atomic E-state index is 0.0639. The summed E-state index contributed by atoms with van der Waals surface area (Å²) in [4.78, 5) is 26.1. The molecule has 0 aromatic heterocycles. The van der Waals surface area contributed by atoms with Gasteiger partial charge < -0.3 is 15.2 Å². The molecule has 0 aliphatic rings. The Morgan fingerprint density at radius 1 is 0.879 bits per heavy atom. The Hall–Kier alpha value is -2.94. The molecule has 0 bridgehead atoms. The second-order valence-electron chi connectivity index (χ2n) is 9.04. The fraction of sp³-hybridized carbons (Fsp3) is 0.417. The first-order valence-corrected chi connectivity index (χ1v) is 10.1. The van der Waals surface area contributed by atoms with Crippen molar-refractivity contribution in [2.24, 2.45) is 11.1 Å². The lowest BCUT2D eigenvalue weighted by Crippen LogP contribution is -2.65. The predicted octanol–water partition coefficient (Wildman–Crippen LogP) is 4.76. The third kappa shape index (κ3) is 4.88. The molecule has 0 aliphatic heterocycles. The monoisotopic (exact) mass is 469 g/mol. The molecule has 9 heteroatoms. The maximum absolute atomic E-state index is 14.3. The Morgan fingerprint density at radius 2 is 1.36 bits per heavy atom. The van der Waals surface area contributed by atoms with Crippen LogP contribution in [-0.4, -0.2) is 22.9 Å². The lowest BCUT2D eigenvalue weighted by atomic mass is 9.68. The van der Waals surface area contributed by atoms with E-state index in [0.717, 1.165) is 20.8 Å². The minimum Gasteiger partial charge on any atom is -0.474 e. The zero-order valence-electron chi connectivity index (χ0n) is 19.3. The normalized spacial score (nSPS) is 13.9. The second kappa shape index (κ2) is 9.13. The van der Waals surface area contributed by atoms with Crippen LogP contribution in [0.4, 0.5) is 17.6 Å². The molecule has 2 rings (SSSR count). The zero-order valence-corrected chi connectivity index (χ0v) is 19.3. The molecule has 0 spiro atoms. The van der Waals surface area contributed by atoms with E-state index in [1.807, 2.05) is 0 Å². The van der Waals surface area contributed by atoms with E-state index in [9.17, 15) is 27.2 Å². The highest BCUT2D eigenvalue weighted by molar-refractivity contribution is 6.00. The van der Waals surface area contributed by atoms with Crippen LogP contribution in [0.1, 0.15) is 45.7 Å². The number of esters is 1. The van der Waals surface area contributed by atoms with Crippen LogP contribution in [0.2, 0.25) is 0 Å². The van der Waals surface area contributed by atoms with Crippen LogP contribution >= 0.6 is 0 Å². The fourth-order valence-electron chi connectivity index (χ4n) is 3.14. The van der Waals surface area contributed by atoms with Gasteiger partial charge in [0.1, 0.15) is 6.61 Å². The second-order valence-corrected chi connectivity index (χ2v) is 9.04. The van der Waals surface area contributed by atoms with E-state index < -0.39 is 62.9 Å². The summed E-state index contributed by atoms with van der Waals surface area (Å²) in [6.45, 7) is 7.04. The number of ketones is 1. The van der Waals surface area contributed by atoms with Gasteiger partial charge in [-0.1, -0.05) is 30.3 Å². The van der Waals surface area contributed by atoms with Crippen molar-refractivity contribution in [1.29, 1.82) is 0 Å². The molecule has 0 saturated heterocycles. The van der Waals surface area contributed by atoms with Crippen molar-refractivity contribution in [3.8, 4) is 5.75 Å². The molecule has 0 heterocycles. The van der Waals surface area contributed by atoms with E-state index in [1.165, 1.54) is 20.8 Å². The summed E-state index contributed by atoms with van der Waals surface area (Å²) in [5.41, 5.74) is 0.443. The van der Waals surface area contributed by atoms with Crippen LogP contribution in [0.15, 0.2) is 30.3 Å². The van der Waals surface area contributed by atoms with Crippen LogP contribution < -0.4 is 10.5 Å². The molecule has 0 radical (unpaired) electrons. The Bertz CT molecular complexity index is 1040. The average molecular weight is 469 g/mol.